The number of hydrogen-bond acceptors (Lipinski definition) is 7. The van der Waals surface area contributed by atoms with Gasteiger partial charge in [0.2, 0.25) is 5.89 Å². The SMILES string of the molecule is CCOc1cc([N+](=O)[O-])cc(C=Nc2ccc3oc(-c4cccc5c(Cl)cccc45)nc3c2)c1O. The van der Waals surface area contributed by atoms with Gasteiger partial charge in [-0.25, -0.2) is 4.98 Å². The predicted octanol–water partition coefficient (Wildman–Crippen LogP) is 7.06. The predicted molar refractivity (Wildman–Crippen MR) is 135 cm³/mol. The van der Waals surface area contributed by atoms with Crippen molar-refractivity contribution < 1.29 is 19.2 Å². The highest BCUT2D eigenvalue weighted by Gasteiger charge is 2.17. The summed E-state index contributed by atoms with van der Waals surface area (Å²) in [7, 11) is 0. The first-order valence-electron chi connectivity index (χ1n) is 10.7. The molecule has 1 aromatic heterocycles. The Bertz CT molecular complexity index is 1630. The second-order valence-electron chi connectivity index (χ2n) is 7.64. The lowest BCUT2D eigenvalue weighted by Crippen LogP contribution is -1.97. The molecule has 0 unspecified atom stereocenters. The number of ether oxygens (including phenoxy) is 1. The normalized spacial score (nSPS) is 11.5. The number of nitro benzene ring substituents is 1. The molecule has 0 aliphatic carbocycles. The summed E-state index contributed by atoms with van der Waals surface area (Å²) in [5.74, 6) is 0.252. The minimum atomic E-state index is -0.553. The van der Waals surface area contributed by atoms with E-state index < -0.39 is 4.92 Å². The number of benzene rings is 4. The van der Waals surface area contributed by atoms with Crippen LogP contribution >= 0.6 is 11.6 Å². The van der Waals surface area contributed by atoms with Gasteiger partial charge in [0.1, 0.15) is 5.52 Å². The maximum Gasteiger partial charge on any atom is 0.274 e. The lowest BCUT2D eigenvalue weighted by Gasteiger charge is -2.07. The van der Waals surface area contributed by atoms with Crippen LogP contribution in [-0.2, 0) is 0 Å². The fourth-order valence-electron chi connectivity index (χ4n) is 3.80. The van der Waals surface area contributed by atoms with Crippen molar-refractivity contribution in [2.24, 2.45) is 4.99 Å². The number of nitrogens with zero attached hydrogens (tertiary/aromatic N) is 3. The number of halogens is 1. The second kappa shape index (κ2) is 9.08. The van der Waals surface area contributed by atoms with Crippen LogP contribution in [0.5, 0.6) is 11.5 Å². The summed E-state index contributed by atoms with van der Waals surface area (Å²) < 4.78 is 11.3. The molecule has 1 N–H and O–H groups in total. The molecule has 35 heavy (non-hydrogen) atoms. The van der Waals surface area contributed by atoms with Crippen molar-refractivity contribution in [3.8, 4) is 23.0 Å². The third-order valence-corrected chi connectivity index (χ3v) is 5.75. The van der Waals surface area contributed by atoms with Gasteiger partial charge in [0.15, 0.2) is 17.1 Å². The van der Waals surface area contributed by atoms with E-state index in [9.17, 15) is 15.2 Å². The molecular formula is C26H18ClN3O5. The Balaban J connectivity index is 1.52. The topological polar surface area (TPSA) is 111 Å². The fraction of sp³-hybridized carbons (Fsp3) is 0.0769. The summed E-state index contributed by atoms with van der Waals surface area (Å²) in [6.07, 6.45) is 1.35. The monoisotopic (exact) mass is 487 g/mol. The van der Waals surface area contributed by atoms with Gasteiger partial charge in [0.25, 0.3) is 5.69 Å². The van der Waals surface area contributed by atoms with E-state index >= 15 is 0 Å². The van der Waals surface area contributed by atoms with E-state index in [1.807, 2.05) is 36.4 Å². The zero-order chi connectivity index (χ0) is 24.5. The zero-order valence-electron chi connectivity index (χ0n) is 18.4. The summed E-state index contributed by atoms with van der Waals surface area (Å²) in [4.78, 5) is 19.7. The van der Waals surface area contributed by atoms with Crippen molar-refractivity contribution in [2.75, 3.05) is 6.61 Å². The lowest BCUT2D eigenvalue weighted by atomic mass is 10.0. The van der Waals surface area contributed by atoms with Gasteiger partial charge < -0.3 is 14.3 Å². The van der Waals surface area contributed by atoms with Crippen molar-refractivity contribution in [1.29, 1.82) is 0 Å². The number of aromatic nitrogens is 1. The Kier molecular flexibility index (Phi) is 5.80. The molecule has 0 bridgehead atoms. The molecular weight excluding hydrogens is 470 g/mol. The highest BCUT2D eigenvalue weighted by molar-refractivity contribution is 6.35. The van der Waals surface area contributed by atoms with Crippen LogP contribution in [-0.4, -0.2) is 27.8 Å². The van der Waals surface area contributed by atoms with Gasteiger partial charge >= 0.3 is 0 Å². The lowest BCUT2D eigenvalue weighted by molar-refractivity contribution is -0.385. The molecule has 9 heteroatoms. The molecule has 0 saturated carbocycles. The quantitative estimate of drug-likeness (QED) is 0.156. The molecule has 0 atom stereocenters. The summed E-state index contributed by atoms with van der Waals surface area (Å²) in [5, 5.41) is 24.2. The molecule has 4 aromatic carbocycles. The number of fused-ring (bicyclic) bond motifs is 2. The highest BCUT2D eigenvalue weighted by atomic mass is 35.5. The maximum atomic E-state index is 11.3. The Hall–Kier alpha value is -4.43. The maximum absolute atomic E-state index is 11.3. The second-order valence-corrected chi connectivity index (χ2v) is 8.05. The Morgan fingerprint density at radius 3 is 2.74 bits per heavy atom. The van der Waals surface area contributed by atoms with Gasteiger partial charge in [-0.05, 0) is 42.6 Å². The van der Waals surface area contributed by atoms with Crippen LogP contribution in [0.15, 0.2) is 76.1 Å². The molecule has 0 aliphatic heterocycles. The summed E-state index contributed by atoms with van der Waals surface area (Å²) in [6.45, 7) is 1.97. The smallest absolute Gasteiger partial charge is 0.274 e. The van der Waals surface area contributed by atoms with Crippen LogP contribution in [0.2, 0.25) is 5.02 Å². The number of phenolic OH excluding ortho intramolecular Hbond substituents is 1. The molecule has 0 radical (unpaired) electrons. The molecule has 5 rings (SSSR count). The number of phenols is 1. The molecule has 0 amide bonds. The molecule has 174 valence electrons. The molecule has 1 heterocycles. The van der Waals surface area contributed by atoms with E-state index in [0.717, 1.165) is 16.3 Å². The van der Waals surface area contributed by atoms with E-state index in [1.165, 1.54) is 18.3 Å². The molecule has 0 aliphatic rings. The van der Waals surface area contributed by atoms with Crippen molar-refractivity contribution >= 4 is 51.1 Å². The van der Waals surface area contributed by atoms with Crippen LogP contribution in [0.1, 0.15) is 12.5 Å². The summed E-state index contributed by atoms with van der Waals surface area (Å²) in [5.41, 5.74) is 2.47. The zero-order valence-corrected chi connectivity index (χ0v) is 19.2. The van der Waals surface area contributed by atoms with Gasteiger partial charge in [-0.3, -0.25) is 15.1 Å². The third kappa shape index (κ3) is 4.27. The van der Waals surface area contributed by atoms with Crippen molar-refractivity contribution in [3.63, 3.8) is 0 Å². The van der Waals surface area contributed by atoms with E-state index in [1.54, 1.807) is 25.1 Å². The van der Waals surface area contributed by atoms with Gasteiger partial charge in [-0.15, -0.1) is 0 Å². The number of aromatic hydroxyl groups is 1. The van der Waals surface area contributed by atoms with Gasteiger partial charge in [0.05, 0.1) is 23.3 Å². The molecule has 0 fully saturated rings. The van der Waals surface area contributed by atoms with Crippen LogP contribution in [0.4, 0.5) is 11.4 Å². The third-order valence-electron chi connectivity index (χ3n) is 5.42. The van der Waals surface area contributed by atoms with Crippen LogP contribution < -0.4 is 4.74 Å². The van der Waals surface area contributed by atoms with E-state index in [0.29, 0.717) is 27.7 Å². The van der Waals surface area contributed by atoms with E-state index in [-0.39, 0.29) is 29.4 Å². The number of rotatable bonds is 6. The summed E-state index contributed by atoms with van der Waals surface area (Å²) >= 11 is 6.34. The average Bonchev–Trinajstić information content (AvgIpc) is 3.27. The Morgan fingerprint density at radius 2 is 1.94 bits per heavy atom. The van der Waals surface area contributed by atoms with Crippen molar-refractivity contribution in [1.82, 2.24) is 4.98 Å². The van der Waals surface area contributed by atoms with Crippen LogP contribution in [0, 0.1) is 10.1 Å². The average molecular weight is 488 g/mol. The first-order chi connectivity index (χ1) is 16.9. The first-order valence-corrected chi connectivity index (χ1v) is 11.1. The van der Waals surface area contributed by atoms with Gasteiger partial charge in [-0.1, -0.05) is 35.9 Å². The standard InChI is InChI=1S/C26H18ClN3O5/c1-2-34-24-13-17(30(32)33)11-15(25(24)31)14-28-16-9-10-23-22(12-16)29-26(35-23)20-7-3-6-19-18(20)5-4-8-21(19)27/h3-14,31H,2H2,1H3. The van der Waals surface area contributed by atoms with Gasteiger partial charge in [0, 0.05) is 33.8 Å². The number of nitro groups is 1. The Morgan fingerprint density at radius 1 is 1.14 bits per heavy atom. The Labute approximate surface area is 204 Å². The molecule has 8 nitrogen and oxygen atoms in total. The van der Waals surface area contributed by atoms with E-state index in [2.05, 4.69) is 9.98 Å². The van der Waals surface area contributed by atoms with Gasteiger partial charge in [-0.2, -0.15) is 0 Å². The fourth-order valence-corrected chi connectivity index (χ4v) is 4.03. The number of oxazole rings is 1. The highest BCUT2D eigenvalue weighted by Crippen LogP contribution is 2.36. The minimum absolute atomic E-state index is 0.0231. The molecule has 5 aromatic rings. The largest absolute Gasteiger partial charge is 0.504 e. The number of hydrogen-bond donors (Lipinski definition) is 1. The van der Waals surface area contributed by atoms with Crippen molar-refractivity contribution in [2.45, 2.75) is 6.92 Å². The van der Waals surface area contributed by atoms with Crippen molar-refractivity contribution in [3.05, 3.63) is 87.4 Å². The first kappa shape index (κ1) is 22.4. The number of non-ortho nitro benzene ring substituents is 1. The van der Waals surface area contributed by atoms with E-state index in [4.69, 9.17) is 20.8 Å². The molecule has 0 saturated heterocycles. The number of aliphatic imine (C=N–C) groups is 1. The van der Waals surface area contributed by atoms with Crippen LogP contribution in [0.3, 0.4) is 0 Å². The minimum Gasteiger partial charge on any atom is -0.504 e. The summed E-state index contributed by atoms with van der Waals surface area (Å²) in [6, 6.07) is 19.1. The molecule has 0 spiro atoms. The van der Waals surface area contributed by atoms with Crippen LogP contribution in [0.25, 0.3) is 33.3 Å².